The largest absolute Gasteiger partial charge is 0.481 e. The molecule has 0 aromatic heterocycles. The summed E-state index contributed by atoms with van der Waals surface area (Å²) in [6.07, 6.45) is 0. The van der Waals surface area contributed by atoms with Gasteiger partial charge in [0.05, 0.1) is 11.0 Å². The van der Waals surface area contributed by atoms with Crippen LogP contribution in [-0.4, -0.2) is 20.1 Å². The highest BCUT2D eigenvalue weighted by atomic mass is 79.9. The second-order valence-electron chi connectivity index (χ2n) is 3.72. The van der Waals surface area contributed by atoms with Gasteiger partial charge in [-0.2, -0.15) is 0 Å². The van der Waals surface area contributed by atoms with E-state index in [9.17, 15) is 4.79 Å². The van der Waals surface area contributed by atoms with Crippen molar-refractivity contribution < 1.29 is 9.90 Å². The van der Waals surface area contributed by atoms with E-state index in [1.807, 2.05) is 0 Å². The summed E-state index contributed by atoms with van der Waals surface area (Å²) in [5, 5.41) is 8.92. The number of aliphatic carboxylic acids is 1. The molecular weight excluding hydrogens is 245 g/mol. The molecule has 0 heterocycles. The van der Waals surface area contributed by atoms with Gasteiger partial charge in [0.25, 0.3) is 0 Å². The number of carbonyl (C=O) groups is 1. The van der Waals surface area contributed by atoms with Crippen LogP contribution >= 0.6 is 27.9 Å². The first-order chi connectivity index (χ1) is 5.14. The molecule has 0 saturated heterocycles. The maximum Gasteiger partial charge on any atom is 0.311 e. The molecule has 0 fully saturated rings. The van der Waals surface area contributed by atoms with Crippen molar-refractivity contribution in [3.05, 3.63) is 0 Å². The van der Waals surface area contributed by atoms with Gasteiger partial charge in [0, 0.05) is 16.1 Å². The molecule has 0 aromatic rings. The molecule has 72 valence electrons. The maximum atomic E-state index is 10.9. The highest BCUT2D eigenvalue weighted by Gasteiger charge is 2.46. The molecule has 0 bridgehead atoms. The molecule has 0 spiro atoms. The van der Waals surface area contributed by atoms with E-state index in [1.54, 1.807) is 27.7 Å². The average molecular weight is 259 g/mol. The van der Waals surface area contributed by atoms with E-state index in [4.69, 9.17) is 16.9 Å². The molecule has 0 aliphatic rings. The van der Waals surface area contributed by atoms with Crippen LogP contribution in [0.3, 0.4) is 0 Å². The van der Waals surface area contributed by atoms with Gasteiger partial charge in [-0.15, -0.1) is 3.45 Å². The number of nitrogens with zero attached hydrogens (tertiary/aromatic N) is 1. The van der Waals surface area contributed by atoms with Gasteiger partial charge in [-0.25, -0.2) is 0 Å². The van der Waals surface area contributed by atoms with Crippen molar-refractivity contribution in [3.8, 4) is 0 Å². The van der Waals surface area contributed by atoms with Crippen LogP contribution in [0, 0.1) is 5.41 Å². The number of hydrogen-bond donors (Lipinski definition) is 1. The maximum absolute atomic E-state index is 10.9. The average Bonchev–Trinajstić information content (AvgIpc) is 1.86. The lowest BCUT2D eigenvalue weighted by atomic mass is 9.75. The Kier molecular flexibility index (Phi) is 3.58. The minimum Gasteiger partial charge on any atom is -0.481 e. The van der Waals surface area contributed by atoms with Crippen LogP contribution in [0.1, 0.15) is 27.7 Å². The van der Waals surface area contributed by atoms with Crippen molar-refractivity contribution >= 4 is 33.9 Å². The lowest BCUT2D eigenvalue weighted by Crippen LogP contribution is -2.50. The van der Waals surface area contributed by atoms with Gasteiger partial charge in [-0.1, -0.05) is 0 Å². The quantitative estimate of drug-likeness (QED) is 0.791. The Balaban J connectivity index is 4.88. The summed E-state index contributed by atoms with van der Waals surface area (Å²) < 4.78 is 1.22. The highest BCUT2D eigenvalue weighted by molar-refractivity contribution is 9.08. The fourth-order valence-corrected chi connectivity index (χ4v) is 1.13. The van der Waals surface area contributed by atoms with E-state index in [2.05, 4.69) is 16.1 Å². The zero-order valence-corrected chi connectivity index (χ0v) is 9.90. The van der Waals surface area contributed by atoms with Gasteiger partial charge in [0.2, 0.25) is 0 Å². The van der Waals surface area contributed by atoms with Gasteiger partial charge in [0.1, 0.15) is 0 Å². The Morgan fingerprint density at radius 1 is 1.42 bits per heavy atom. The van der Waals surface area contributed by atoms with Crippen LogP contribution in [-0.2, 0) is 4.79 Å². The van der Waals surface area contributed by atoms with E-state index >= 15 is 0 Å². The molecule has 3 nitrogen and oxygen atoms in total. The van der Waals surface area contributed by atoms with Crippen LogP contribution in [0.4, 0.5) is 0 Å². The Bertz CT molecular complexity index is 192. The SMILES string of the molecule is CC(C)(C(=O)O)C(C)(C)N(Cl)Br. The molecule has 5 heteroatoms. The molecule has 0 unspecified atom stereocenters. The van der Waals surface area contributed by atoms with Crippen molar-refractivity contribution in [1.29, 1.82) is 0 Å². The van der Waals surface area contributed by atoms with E-state index in [-0.39, 0.29) is 0 Å². The molecule has 0 aliphatic carbocycles. The van der Waals surface area contributed by atoms with E-state index < -0.39 is 16.9 Å². The van der Waals surface area contributed by atoms with Crippen molar-refractivity contribution in [1.82, 2.24) is 3.45 Å². The molecule has 0 radical (unpaired) electrons. The standard InChI is InChI=1S/C7H13BrClNO2/c1-6(2,5(11)12)7(3,4)10(8)9/h1-4H3,(H,11,12). The predicted molar refractivity (Wildman–Crippen MR) is 52.1 cm³/mol. The lowest BCUT2D eigenvalue weighted by molar-refractivity contribution is -0.151. The van der Waals surface area contributed by atoms with Crippen molar-refractivity contribution in [2.45, 2.75) is 33.2 Å². The van der Waals surface area contributed by atoms with E-state index in [0.29, 0.717) is 0 Å². The Labute approximate surface area is 86.1 Å². The molecule has 0 aromatic carbocycles. The van der Waals surface area contributed by atoms with Crippen LogP contribution < -0.4 is 0 Å². The summed E-state index contributed by atoms with van der Waals surface area (Å²) in [6.45, 7) is 6.77. The van der Waals surface area contributed by atoms with Crippen LogP contribution in [0.2, 0.25) is 0 Å². The highest BCUT2D eigenvalue weighted by Crippen LogP contribution is 2.38. The zero-order valence-electron chi connectivity index (χ0n) is 7.56. The fourth-order valence-electron chi connectivity index (χ4n) is 0.473. The summed E-state index contributed by atoms with van der Waals surface area (Å²) in [4.78, 5) is 10.9. The van der Waals surface area contributed by atoms with Gasteiger partial charge in [-0.05, 0) is 39.5 Å². The van der Waals surface area contributed by atoms with Gasteiger partial charge in [-0.3, -0.25) is 4.79 Å². The van der Waals surface area contributed by atoms with E-state index in [0.717, 1.165) is 0 Å². The molecule has 0 rings (SSSR count). The van der Waals surface area contributed by atoms with Crippen LogP contribution in [0.25, 0.3) is 0 Å². The minimum atomic E-state index is -0.918. The third kappa shape index (κ3) is 1.92. The first-order valence-electron chi connectivity index (χ1n) is 3.49. The zero-order chi connectivity index (χ0) is 10.2. The van der Waals surface area contributed by atoms with Crippen LogP contribution in [0.15, 0.2) is 0 Å². The molecule has 0 atom stereocenters. The monoisotopic (exact) mass is 257 g/mol. The Morgan fingerprint density at radius 3 is 1.83 bits per heavy atom. The first-order valence-corrected chi connectivity index (χ1v) is 4.54. The number of halogens is 2. The summed E-state index contributed by atoms with van der Waals surface area (Å²) in [6, 6.07) is 0. The molecule has 12 heavy (non-hydrogen) atoms. The molecule has 0 amide bonds. The van der Waals surface area contributed by atoms with Crippen molar-refractivity contribution in [3.63, 3.8) is 0 Å². The summed E-state index contributed by atoms with van der Waals surface area (Å²) in [5.41, 5.74) is -1.58. The van der Waals surface area contributed by atoms with Gasteiger partial charge < -0.3 is 5.11 Å². The number of rotatable bonds is 3. The topological polar surface area (TPSA) is 40.5 Å². The Morgan fingerprint density at radius 2 is 1.75 bits per heavy atom. The predicted octanol–water partition coefficient (Wildman–Crippen LogP) is 2.64. The molecule has 0 aliphatic heterocycles. The minimum absolute atomic E-state index is 0.666. The van der Waals surface area contributed by atoms with E-state index in [1.165, 1.54) is 3.45 Å². The van der Waals surface area contributed by atoms with Crippen molar-refractivity contribution in [2.75, 3.05) is 0 Å². The molecule has 0 saturated carbocycles. The summed E-state index contributed by atoms with van der Waals surface area (Å²) >= 11 is 8.72. The van der Waals surface area contributed by atoms with Gasteiger partial charge >= 0.3 is 5.97 Å². The number of hydrogen-bond acceptors (Lipinski definition) is 2. The third-order valence-electron chi connectivity index (χ3n) is 2.49. The second kappa shape index (κ2) is 3.52. The molecule has 1 N–H and O–H groups in total. The fraction of sp³-hybridized carbons (Fsp3) is 0.857. The van der Waals surface area contributed by atoms with Crippen molar-refractivity contribution in [2.24, 2.45) is 5.41 Å². The summed E-state index contributed by atoms with van der Waals surface area (Å²) in [5.74, 6) is -0.877. The van der Waals surface area contributed by atoms with Gasteiger partial charge in [0.15, 0.2) is 0 Å². The number of carboxylic acids is 1. The third-order valence-corrected chi connectivity index (χ3v) is 3.80. The lowest BCUT2D eigenvalue weighted by Gasteiger charge is -2.39. The second-order valence-corrected chi connectivity index (χ2v) is 5.18. The van der Waals surface area contributed by atoms with Crippen LogP contribution in [0.5, 0.6) is 0 Å². The summed E-state index contributed by atoms with van der Waals surface area (Å²) in [7, 11) is 0. The normalized spacial score (nSPS) is 13.6. The number of carboxylic acid groups (broad SMARTS) is 1. The smallest absolute Gasteiger partial charge is 0.311 e. The first kappa shape index (κ1) is 12.2. The molecular formula is C7H13BrClNO2. The Hall–Kier alpha value is 0.200.